The zero-order valence-corrected chi connectivity index (χ0v) is 15.4. The maximum Gasteiger partial charge on any atom is 0.246 e. The first-order valence-electron chi connectivity index (χ1n) is 8.53. The van der Waals surface area contributed by atoms with Crippen molar-refractivity contribution in [3.8, 4) is 5.75 Å². The highest BCUT2D eigenvalue weighted by atomic mass is 16.5. The lowest BCUT2D eigenvalue weighted by molar-refractivity contribution is -0.118. The molecular formula is C19H25N5O2. The fourth-order valence-electron chi connectivity index (χ4n) is 3.15. The second kappa shape index (κ2) is 7.74. The van der Waals surface area contributed by atoms with E-state index in [-0.39, 0.29) is 12.1 Å². The summed E-state index contributed by atoms with van der Waals surface area (Å²) in [6.45, 7) is 6.05. The van der Waals surface area contributed by atoms with Crippen LogP contribution in [0.15, 0.2) is 36.4 Å². The fraction of sp³-hybridized carbons (Fsp3) is 0.316. The number of benzene rings is 2. The molecule has 0 aliphatic carbocycles. The van der Waals surface area contributed by atoms with Crippen molar-refractivity contribution in [1.29, 1.82) is 0 Å². The average Bonchev–Trinajstić information content (AvgIpc) is 3.07. The summed E-state index contributed by atoms with van der Waals surface area (Å²) in [4.78, 5) is 12.8. The van der Waals surface area contributed by atoms with E-state index in [1.807, 2.05) is 45.0 Å². The predicted octanol–water partition coefficient (Wildman–Crippen LogP) is 1.98. The molecule has 0 bridgehead atoms. The molecule has 7 heteroatoms. The molecule has 2 aromatic carbocycles. The molecule has 1 amide bonds. The Bertz CT molecular complexity index is 768. The van der Waals surface area contributed by atoms with Crippen molar-refractivity contribution in [1.82, 2.24) is 16.4 Å². The molecule has 26 heavy (non-hydrogen) atoms. The third-order valence-electron chi connectivity index (χ3n) is 4.41. The van der Waals surface area contributed by atoms with Gasteiger partial charge in [-0.05, 0) is 56.2 Å². The van der Waals surface area contributed by atoms with Crippen LogP contribution in [0.3, 0.4) is 0 Å². The highest BCUT2D eigenvalue weighted by molar-refractivity contribution is 5.97. The van der Waals surface area contributed by atoms with E-state index in [2.05, 4.69) is 39.2 Å². The molecule has 138 valence electrons. The van der Waals surface area contributed by atoms with Gasteiger partial charge in [-0.1, -0.05) is 17.7 Å². The maximum atomic E-state index is 12.8. The molecule has 1 aliphatic heterocycles. The molecule has 0 radical (unpaired) electrons. The number of hydrogen-bond donors (Lipinski definition) is 5. The van der Waals surface area contributed by atoms with Gasteiger partial charge in [0.15, 0.2) is 0 Å². The molecule has 2 unspecified atom stereocenters. The summed E-state index contributed by atoms with van der Waals surface area (Å²) in [7, 11) is 1.63. The topological polar surface area (TPSA) is 86.5 Å². The zero-order valence-electron chi connectivity index (χ0n) is 15.4. The van der Waals surface area contributed by atoms with Crippen LogP contribution < -0.4 is 31.8 Å². The van der Waals surface area contributed by atoms with Crippen LogP contribution in [0.2, 0.25) is 0 Å². The second-order valence-corrected chi connectivity index (χ2v) is 6.50. The van der Waals surface area contributed by atoms with Gasteiger partial charge >= 0.3 is 0 Å². The largest absolute Gasteiger partial charge is 0.497 e. The van der Waals surface area contributed by atoms with Crippen LogP contribution in [0.1, 0.15) is 16.7 Å². The van der Waals surface area contributed by atoms with Crippen molar-refractivity contribution in [3.63, 3.8) is 0 Å². The van der Waals surface area contributed by atoms with Crippen molar-refractivity contribution in [2.75, 3.05) is 17.7 Å². The quantitative estimate of drug-likeness (QED) is 0.564. The highest BCUT2D eigenvalue weighted by Crippen LogP contribution is 2.23. The van der Waals surface area contributed by atoms with Crippen LogP contribution in [0.5, 0.6) is 5.75 Å². The Morgan fingerprint density at radius 1 is 1.04 bits per heavy atom. The smallest absolute Gasteiger partial charge is 0.246 e. The Kier molecular flexibility index (Phi) is 5.41. The highest BCUT2D eigenvalue weighted by Gasteiger charge is 2.33. The van der Waals surface area contributed by atoms with E-state index in [9.17, 15) is 4.79 Å². The molecular weight excluding hydrogens is 330 g/mol. The number of hydrazine groups is 2. The monoisotopic (exact) mass is 355 g/mol. The molecule has 0 saturated carbocycles. The van der Waals surface area contributed by atoms with Crippen molar-refractivity contribution in [2.24, 2.45) is 0 Å². The zero-order chi connectivity index (χ0) is 18.7. The Balaban J connectivity index is 1.70. The lowest BCUT2D eigenvalue weighted by atomic mass is 10.0. The SMILES string of the molecule is COc1ccc(NC2NNNC2C(=O)Nc2c(C)cc(C)cc2C)cc1. The number of ether oxygens (including phenoxy) is 1. The molecule has 3 rings (SSSR count). The normalized spacial score (nSPS) is 19.2. The van der Waals surface area contributed by atoms with E-state index in [1.54, 1.807) is 7.11 Å². The lowest BCUT2D eigenvalue weighted by Crippen LogP contribution is -2.48. The van der Waals surface area contributed by atoms with Gasteiger partial charge in [0, 0.05) is 11.4 Å². The van der Waals surface area contributed by atoms with Crippen LogP contribution >= 0.6 is 0 Å². The van der Waals surface area contributed by atoms with Gasteiger partial charge in [0.1, 0.15) is 18.0 Å². The van der Waals surface area contributed by atoms with Gasteiger partial charge in [-0.3, -0.25) is 4.79 Å². The Labute approximate surface area is 153 Å². The molecule has 7 nitrogen and oxygen atoms in total. The van der Waals surface area contributed by atoms with Crippen molar-refractivity contribution in [2.45, 2.75) is 33.0 Å². The molecule has 5 N–H and O–H groups in total. The van der Waals surface area contributed by atoms with Gasteiger partial charge in [-0.2, -0.15) is 5.53 Å². The summed E-state index contributed by atoms with van der Waals surface area (Å²) in [5.74, 6) is 0.661. The van der Waals surface area contributed by atoms with E-state index in [4.69, 9.17) is 4.74 Å². The van der Waals surface area contributed by atoms with Crippen LogP contribution in [0, 0.1) is 20.8 Å². The predicted molar refractivity (Wildman–Crippen MR) is 103 cm³/mol. The number of nitrogens with one attached hydrogen (secondary N) is 5. The van der Waals surface area contributed by atoms with Gasteiger partial charge in [-0.15, -0.1) is 0 Å². The Morgan fingerprint density at radius 2 is 1.69 bits per heavy atom. The van der Waals surface area contributed by atoms with E-state index < -0.39 is 6.04 Å². The number of carbonyl (C=O) groups is 1. The van der Waals surface area contributed by atoms with Crippen LogP contribution in [0.25, 0.3) is 0 Å². The number of anilines is 2. The minimum absolute atomic E-state index is 0.122. The number of aryl methyl sites for hydroxylation is 3. The number of carbonyl (C=O) groups excluding carboxylic acids is 1. The van der Waals surface area contributed by atoms with Gasteiger partial charge in [0.05, 0.1) is 7.11 Å². The van der Waals surface area contributed by atoms with Gasteiger partial charge < -0.3 is 15.4 Å². The fourth-order valence-corrected chi connectivity index (χ4v) is 3.15. The third-order valence-corrected chi connectivity index (χ3v) is 4.41. The van der Waals surface area contributed by atoms with Crippen LogP contribution in [-0.4, -0.2) is 25.2 Å². The summed E-state index contributed by atoms with van der Waals surface area (Å²) in [6.07, 6.45) is -0.311. The van der Waals surface area contributed by atoms with E-state index in [0.29, 0.717) is 0 Å². The molecule has 1 saturated heterocycles. The maximum absolute atomic E-state index is 12.8. The molecule has 1 fully saturated rings. The standard InChI is InChI=1S/C19H25N5O2/c1-11-9-12(2)16(13(3)10-11)21-19(25)17-18(23-24-22-17)20-14-5-7-15(26-4)8-6-14/h5-10,17-18,20,22-24H,1-4H3,(H,21,25). The third kappa shape index (κ3) is 3.96. The first-order chi connectivity index (χ1) is 12.5. The van der Waals surface area contributed by atoms with E-state index in [0.717, 1.165) is 28.3 Å². The first kappa shape index (κ1) is 18.2. The Hall–Kier alpha value is -2.61. The van der Waals surface area contributed by atoms with Crippen molar-refractivity contribution in [3.05, 3.63) is 53.1 Å². The first-order valence-corrected chi connectivity index (χ1v) is 8.53. The summed E-state index contributed by atoms with van der Waals surface area (Å²) >= 11 is 0. The second-order valence-electron chi connectivity index (χ2n) is 6.50. The summed E-state index contributed by atoms with van der Waals surface area (Å²) in [6, 6.07) is 11.2. The lowest BCUT2D eigenvalue weighted by Gasteiger charge is -2.21. The average molecular weight is 355 g/mol. The van der Waals surface area contributed by atoms with E-state index >= 15 is 0 Å². The van der Waals surface area contributed by atoms with E-state index in [1.165, 1.54) is 5.56 Å². The van der Waals surface area contributed by atoms with Crippen LogP contribution in [-0.2, 0) is 4.79 Å². The van der Waals surface area contributed by atoms with Gasteiger partial charge in [0.25, 0.3) is 0 Å². The minimum Gasteiger partial charge on any atom is -0.497 e. The van der Waals surface area contributed by atoms with Crippen molar-refractivity contribution < 1.29 is 9.53 Å². The summed E-state index contributed by atoms with van der Waals surface area (Å²) in [5.41, 5.74) is 13.8. The van der Waals surface area contributed by atoms with Gasteiger partial charge in [-0.25, -0.2) is 10.9 Å². The molecule has 1 heterocycles. The number of rotatable bonds is 5. The summed E-state index contributed by atoms with van der Waals surface area (Å²) < 4.78 is 5.16. The molecule has 1 aliphatic rings. The van der Waals surface area contributed by atoms with Crippen LogP contribution in [0.4, 0.5) is 11.4 Å². The number of hydrogen-bond acceptors (Lipinski definition) is 6. The molecule has 2 atom stereocenters. The number of amides is 1. The number of methoxy groups -OCH3 is 1. The molecule has 0 spiro atoms. The molecule has 2 aromatic rings. The van der Waals surface area contributed by atoms with Crippen molar-refractivity contribution >= 4 is 17.3 Å². The van der Waals surface area contributed by atoms with Gasteiger partial charge in [0.2, 0.25) is 5.91 Å². The molecule has 0 aromatic heterocycles. The minimum atomic E-state index is -0.489. The Morgan fingerprint density at radius 3 is 2.31 bits per heavy atom. The summed E-state index contributed by atoms with van der Waals surface area (Å²) in [5, 5.41) is 6.34.